The molecule has 0 aliphatic carbocycles. The molecule has 17 heavy (non-hydrogen) atoms. The Balaban J connectivity index is 2.46. The number of thiophene rings is 1. The zero-order valence-corrected chi connectivity index (χ0v) is 10.8. The molecule has 4 nitrogen and oxygen atoms in total. The monoisotopic (exact) mass is 248 g/mol. The summed E-state index contributed by atoms with van der Waals surface area (Å²) in [6.07, 6.45) is 0.853. The number of nitrogens with one attached hydrogen (secondary N) is 1. The average molecular weight is 248 g/mol. The van der Waals surface area contributed by atoms with Crippen molar-refractivity contribution in [2.75, 3.05) is 0 Å². The lowest BCUT2D eigenvalue weighted by molar-refractivity contribution is 0.630. The first kappa shape index (κ1) is 12.2. The van der Waals surface area contributed by atoms with Crippen molar-refractivity contribution in [1.29, 1.82) is 0 Å². The Morgan fingerprint density at radius 2 is 2.29 bits per heavy atom. The van der Waals surface area contributed by atoms with Crippen LogP contribution >= 0.6 is 11.3 Å². The highest BCUT2D eigenvalue weighted by Crippen LogP contribution is 2.27. The van der Waals surface area contributed by atoms with Crippen LogP contribution in [-0.2, 0) is 6.42 Å². The Bertz CT molecular complexity index is 481. The number of hydrazine groups is 1. The highest BCUT2D eigenvalue weighted by Gasteiger charge is 2.18. The SMILES string of the molecule is CCc1nnc(C)cc1C(NN)c1cccs1. The van der Waals surface area contributed by atoms with Gasteiger partial charge in [0, 0.05) is 10.4 Å². The van der Waals surface area contributed by atoms with Crippen molar-refractivity contribution in [3.05, 3.63) is 45.4 Å². The molecule has 0 amide bonds. The minimum atomic E-state index is -0.000787. The lowest BCUT2D eigenvalue weighted by Crippen LogP contribution is -2.29. The third-order valence-electron chi connectivity index (χ3n) is 2.67. The lowest BCUT2D eigenvalue weighted by Gasteiger charge is -2.17. The van der Waals surface area contributed by atoms with Gasteiger partial charge < -0.3 is 0 Å². The van der Waals surface area contributed by atoms with Crippen LogP contribution < -0.4 is 11.3 Å². The first-order valence-electron chi connectivity index (χ1n) is 5.59. The van der Waals surface area contributed by atoms with Gasteiger partial charge in [-0.2, -0.15) is 10.2 Å². The zero-order chi connectivity index (χ0) is 12.3. The molecule has 2 aromatic rings. The third-order valence-corrected chi connectivity index (χ3v) is 3.60. The van der Waals surface area contributed by atoms with Crippen LogP contribution in [0, 0.1) is 6.92 Å². The van der Waals surface area contributed by atoms with Gasteiger partial charge in [-0.15, -0.1) is 11.3 Å². The van der Waals surface area contributed by atoms with Gasteiger partial charge in [0.15, 0.2) is 0 Å². The summed E-state index contributed by atoms with van der Waals surface area (Å²) in [5.74, 6) is 5.68. The maximum absolute atomic E-state index is 5.68. The molecule has 0 bridgehead atoms. The zero-order valence-electron chi connectivity index (χ0n) is 9.97. The second-order valence-corrected chi connectivity index (χ2v) is 4.84. The number of nitrogens with zero attached hydrogens (tertiary/aromatic N) is 2. The average Bonchev–Trinajstić information content (AvgIpc) is 2.84. The number of hydrogen-bond acceptors (Lipinski definition) is 5. The van der Waals surface area contributed by atoms with Crippen LogP contribution in [0.2, 0.25) is 0 Å². The van der Waals surface area contributed by atoms with Gasteiger partial charge in [-0.3, -0.25) is 5.84 Å². The fourth-order valence-corrected chi connectivity index (χ4v) is 2.64. The number of aryl methyl sites for hydroxylation is 2. The van der Waals surface area contributed by atoms with E-state index in [2.05, 4.69) is 34.7 Å². The van der Waals surface area contributed by atoms with E-state index in [9.17, 15) is 0 Å². The van der Waals surface area contributed by atoms with Crippen LogP contribution in [0.4, 0.5) is 0 Å². The van der Waals surface area contributed by atoms with Crippen LogP contribution in [0.3, 0.4) is 0 Å². The Kier molecular flexibility index (Phi) is 3.83. The summed E-state index contributed by atoms with van der Waals surface area (Å²) in [5, 5.41) is 10.4. The van der Waals surface area contributed by atoms with Crippen LogP contribution in [0.5, 0.6) is 0 Å². The molecule has 90 valence electrons. The van der Waals surface area contributed by atoms with Gasteiger partial charge >= 0.3 is 0 Å². The molecule has 0 spiro atoms. The number of nitrogens with two attached hydrogens (primary N) is 1. The minimum Gasteiger partial charge on any atom is -0.271 e. The molecule has 0 saturated carbocycles. The molecule has 1 unspecified atom stereocenters. The topological polar surface area (TPSA) is 63.8 Å². The van der Waals surface area contributed by atoms with Crippen molar-refractivity contribution in [1.82, 2.24) is 15.6 Å². The molecule has 5 heteroatoms. The second kappa shape index (κ2) is 5.35. The molecule has 3 N–H and O–H groups in total. The van der Waals surface area contributed by atoms with Crippen LogP contribution in [0.15, 0.2) is 23.6 Å². The van der Waals surface area contributed by atoms with E-state index in [1.807, 2.05) is 18.4 Å². The number of aromatic nitrogens is 2. The van der Waals surface area contributed by atoms with Crippen molar-refractivity contribution < 1.29 is 0 Å². The Hall–Kier alpha value is -1.30. The highest BCUT2D eigenvalue weighted by molar-refractivity contribution is 7.10. The summed E-state index contributed by atoms with van der Waals surface area (Å²) in [4.78, 5) is 1.19. The van der Waals surface area contributed by atoms with Crippen LogP contribution in [0.25, 0.3) is 0 Å². The third kappa shape index (κ3) is 2.52. The first-order valence-corrected chi connectivity index (χ1v) is 6.46. The molecule has 2 aromatic heterocycles. The van der Waals surface area contributed by atoms with E-state index < -0.39 is 0 Å². The van der Waals surface area contributed by atoms with E-state index in [0.29, 0.717) is 0 Å². The van der Waals surface area contributed by atoms with E-state index in [1.165, 1.54) is 4.88 Å². The Morgan fingerprint density at radius 3 is 2.88 bits per heavy atom. The Labute approximate surface area is 105 Å². The Morgan fingerprint density at radius 1 is 1.47 bits per heavy atom. The molecule has 0 saturated heterocycles. The summed E-state index contributed by atoms with van der Waals surface area (Å²) in [6, 6.07) is 6.15. The van der Waals surface area contributed by atoms with Gasteiger partial charge in [0.05, 0.1) is 17.4 Å². The maximum atomic E-state index is 5.68. The smallest absolute Gasteiger partial charge is 0.0821 e. The van der Waals surface area contributed by atoms with E-state index in [4.69, 9.17) is 5.84 Å². The summed E-state index contributed by atoms with van der Waals surface area (Å²) >= 11 is 1.68. The van der Waals surface area contributed by atoms with Crippen LogP contribution in [-0.4, -0.2) is 10.2 Å². The summed E-state index contributed by atoms with van der Waals surface area (Å²) in [7, 11) is 0. The summed E-state index contributed by atoms with van der Waals surface area (Å²) in [6.45, 7) is 4.02. The number of hydrogen-bond donors (Lipinski definition) is 2. The molecular weight excluding hydrogens is 232 g/mol. The fourth-order valence-electron chi connectivity index (χ4n) is 1.84. The first-order chi connectivity index (χ1) is 8.26. The van der Waals surface area contributed by atoms with Gasteiger partial charge in [-0.1, -0.05) is 13.0 Å². The molecule has 2 rings (SSSR count). The van der Waals surface area contributed by atoms with Crippen molar-refractivity contribution in [3.8, 4) is 0 Å². The minimum absolute atomic E-state index is 0.000787. The molecule has 0 aliphatic rings. The molecule has 2 heterocycles. The van der Waals surface area contributed by atoms with Gasteiger partial charge in [0.25, 0.3) is 0 Å². The van der Waals surface area contributed by atoms with Gasteiger partial charge in [0.2, 0.25) is 0 Å². The van der Waals surface area contributed by atoms with E-state index >= 15 is 0 Å². The second-order valence-electron chi connectivity index (χ2n) is 3.86. The van der Waals surface area contributed by atoms with Crippen molar-refractivity contribution in [3.63, 3.8) is 0 Å². The highest BCUT2D eigenvalue weighted by atomic mass is 32.1. The largest absolute Gasteiger partial charge is 0.271 e. The summed E-state index contributed by atoms with van der Waals surface area (Å²) < 4.78 is 0. The molecule has 0 fully saturated rings. The fraction of sp³-hybridized carbons (Fsp3) is 0.333. The quantitative estimate of drug-likeness (QED) is 0.641. The lowest BCUT2D eigenvalue weighted by atomic mass is 10.0. The van der Waals surface area contributed by atoms with E-state index in [0.717, 1.165) is 23.4 Å². The summed E-state index contributed by atoms with van der Waals surface area (Å²) in [5.41, 5.74) is 5.88. The van der Waals surface area contributed by atoms with Crippen LogP contribution in [0.1, 0.15) is 34.8 Å². The molecule has 0 aromatic carbocycles. The van der Waals surface area contributed by atoms with Gasteiger partial charge in [0.1, 0.15) is 0 Å². The maximum Gasteiger partial charge on any atom is 0.0821 e. The predicted molar refractivity (Wildman–Crippen MR) is 69.6 cm³/mol. The normalized spacial score (nSPS) is 12.6. The predicted octanol–water partition coefficient (Wildman–Crippen LogP) is 1.96. The van der Waals surface area contributed by atoms with Crippen molar-refractivity contribution in [2.45, 2.75) is 26.3 Å². The van der Waals surface area contributed by atoms with Crippen molar-refractivity contribution >= 4 is 11.3 Å². The molecule has 1 atom stereocenters. The van der Waals surface area contributed by atoms with Crippen molar-refractivity contribution in [2.24, 2.45) is 5.84 Å². The van der Waals surface area contributed by atoms with Gasteiger partial charge in [-0.05, 0) is 30.9 Å². The molecule has 0 radical (unpaired) electrons. The van der Waals surface area contributed by atoms with E-state index in [1.54, 1.807) is 11.3 Å². The van der Waals surface area contributed by atoms with E-state index in [-0.39, 0.29) is 6.04 Å². The standard InChI is InChI=1S/C12H16N4S/c1-3-10-9(7-8(2)15-16-10)12(14-13)11-5-4-6-17-11/h4-7,12,14H,3,13H2,1-2H3. The number of rotatable bonds is 4. The molecular formula is C12H16N4S. The molecule has 0 aliphatic heterocycles. The van der Waals surface area contributed by atoms with Gasteiger partial charge in [-0.25, -0.2) is 5.43 Å².